The van der Waals surface area contributed by atoms with Crippen LogP contribution in [0.4, 0.5) is 0 Å². The van der Waals surface area contributed by atoms with E-state index in [-0.39, 0.29) is 11.4 Å². The summed E-state index contributed by atoms with van der Waals surface area (Å²) in [5, 5.41) is 4.07. The molecule has 104 valence electrons. The van der Waals surface area contributed by atoms with Crippen LogP contribution in [0, 0.1) is 5.41 Å². The molecule has 0 fully saturated rings. The molecule has 1 atom stereocenters. The maximum Gasteiger partial charge on any atom is 0.353 e. The third kappa shape index (κ3) is 3.37. The van der Waals surface area contributed by atoms with E-state index in [0.29, 0.717) is 31.7 Å². The summed E-state index contributed by atoms with van der Waals surface area (Å²) < 4.78 is 5.20. The molecule has 1 rings (SSSR count). The van der Waals surface area contributed by atoms with Gasteiger partial charge in [-0.1, -0.05) is 32.9 Å². The number of rotatable bonds is 5. The lowest BCUT2D eigenvalue weighted by Crippen LogP contribution is -2.41. The van der Waals surface area contributed by atoms with E-state index in [4.69, 9.17) is 21.2 Å². The molecule has 4 nitrogen and oxygen atoms in total. The summed E-state index contributed by atoms with van der Waals surface area (Å²) in [6, 6.07) is 0. The predicted octanol–water partition coefficient (Wildman–Crippen LogP) is 3.13. The zero-order valence-corrected chi connectivity index (χ0v) is 12.3. The van der Waals surface area contributed by atoms with Crippen molar-refractivity contribution in [2.24, 2.45) is 10.6 Å². The summed E-state index contributed by atoms with van der Waals surface area (Å²) >= 11 is 5.55. The lowest BCUT2D eigenvalue weighted by molar-refractivity contribution is -0.169. The van der Waals surface area contributed by atoms with Crippen LogP contribution in [0.5, 0.6) is 0 Å². The van der Waals surface area contributed by atoms with Gasteiger partial charge >= 0.3 is 5.97 Å². The second-order valence-corrected chi connectivity index (χ2v) is 5.96. The van der Waals surface area contributed by atoms with Crippen molar-refractivity contribution < 1.29 is 14.4 Å². The average molecular weight is 276 g/mol. The topological polar surface area (TPSA) is 47.9 Å². The van der Waals surface area contributed by atoms with Gasteiger partial charge in [0.1, 0.15) is 0 Å². The first-order chi connectivity index (χ1) is 8.35. The van der Waals surface area contributed by atoms with Crippen LogP contribution in [-0.4, -0.2) is 29.8 Å². The normalized spacial score (nSPS) is 23.5. The molecular weight excluding hydrogens is 254 g/mol. The molecule has 0 N–H and O–H groups in total. The zero-order valence-electron chi connectivity index (χ0n) is 11.6. The maximum atomic E-state index is 12.1. The van der Waals surface area contributed by atoms with Crippen molar-refractivity contribution in [1.29, 1.82) is 0 Å². The molecule has 1 unspecified atom stereocenters. The van der Waals surface area contributed by atoms with Gasteiger partial charge in [-0.15, -0.1) is 11.6 Å². The number of esters is 1. The maximum absolute atomic E-state index is 12.1. The molecule has 0 spiro atoms. The van der Waals surface area contributed by atoms with Gasteiger partial charge in [-0.25, -0.2) is 4.79 Å². The fourth-order valence-electron chi connectivity index (χ4n) is 1.67. The van der Waals surface area contributed by atoms with Crippen LogP contribution >= 0.6 is 11.6 Å². The largest absolute Gasteiger partial charge is 0.463 e. The second-order valence-electron chi connectivity index (χ2n) is 5.58. The number of hydrogen-bond acceptors (Lipinski definition) is 4. The van der Waals surface area contributed by atoms with Crippen LogP contribution < -0.4 is 0 Å². The molecule has 0 amide bonds. The summed E-state index contributed by atoms with van der Waals surface area (Å²) in [4.78, 5) is 17.5. The number of halogens is 1. The first-order valence-electron chi connectivity index (χ1n) is 6.34. The molecular formula is C13H22ClNO3. The Morgan fingerprint density at radius 1 is 1.56 bits per heavy atom. The Bertz CT molecular complexity index is 336. The minimum atomic E-state index is -0.936. The molecule has 0 aromatic carbocycles. The van der Waals surface area contributed by atoms with Gasteiger partial charge in [-0.05, 0) is 12.8 Å². The van der Waals surface area contributed by atoms with Gasteiger partial charge < -0.3 is 9.57 Å². The Balaban J connectivity index is 2.65. The predicted molar refractivity (Wildman–Crippen MR) is 71.9 cm³/mol. The number of carbonyl (C=O) groups is 1. The molecule has 0 bridgehead atoms. The lowest BCUT2D eigenvalue weighted by Gasteiger charge is -2.24. The monoisotopic (exact) mass is 275 g/mol. The number of ether oxygens (including phenoxy) is 1. The van der Waals surface area contributed by atoms with Crippen molar-refractivity contribution in [3.63, 3.8) is 0 Å². The molecule has 18 heavy (non-hydrogen) atoms. The van der Waals surface area contributed by atoms with Crippen molar-refractivity contribution in [1.82, 2.24) is 0 Å². The smallest absolute Gasteiger partial charge is 0.353 e. The van der Waals surface area contributed by atoms with Gasteiger partial charge in [0.2, 0.25) is 5.60 Å². The summed E-state index contributed by atoms with van der Waals surface area (Å²) in [6.07, 6.45) is 1.71. The quantitative estimate of drug-likeness (QED) is 0.440. The molecule has 0 aromatic rings. The van der Waals surface area contributed by atoms with E-state index < -0.39 is 5.60 Å². The fourth-order valence-corrected chi connectivity index (χ4v) is 1.78. The Labute approximate surface area is 114 Å². The minimum Gasteiger partial charge on any atom is -0.463 e. The average Bonchev–Trinajstić information content (AvgIpc) is 2.74. The number of hydrogen-bond donors (Lipinski definition) is 0. The van der Waals surface area contributed by atoms with Gasteiger partial charge in [0.25, 0.3) is 0 Å². The van der Waals surface area contributed by atoms with Crippen LogP contribution in [0.1, 0.15) is 47.0 Å². The van der Waals surface area contributed by atoms with Crippen LogP contribution in [0.15, 0.2) is 5.16 Å². The van der Waals surface area contributed by atoms with Crippen molar-refractivity contribution in [3.05, 3.63) is 0 Å². The molecule has 5 heteroatoms. The Kier molecular flexibility index (Phi) is 5.02. The first-order valence-corrected chi connectivity index (χ1v) is 6.88. The van der Waals surface area contributed by atoms with E-state index in [2.05, 4.69) is 25.9 Å². The second kappa shape index (κ2) is 5.91. The summed E-state index contributed by atoms with van der Waals surface area (Å²) in [7, 11) is 0. The number of nitrogens with zero attached hydrogens (tertiary/aromatic N) is 1. The Morgan fingerprint density at radius 3 is 2.67 bits per heavy atom. The highest BCUT2D eigenvalue weighted by atomic mass is 35.5. The molecule has 1 aliphatic rings. The summed E-state index contributed by atoms with van der Waals surface area (Å²) in [6.45, 7) is 8.40. The van der Waals surface area contributed by atoms with Gasteiger partial charge in [0, 0.05) is 17.7 Å². The molecule has 0 aliphatic carbocycles. The van der Waals surface area contributed by atoms with Crippen molar-refractivity contribution >= 4 is 23.3 Å². The molecule has 1 heterocycles. The Hall–Kier alpha value is -0.770. The third-order valence-corrected chi connectivity index (χ3v) is 3.37. The van der Waals surface area contributed by atoms with Crippen molar-refractivity contribution in [3.8, 4) is 0 Å². The van der Waals surface area contributed by atoms with Crippen LogP contribution in [-0.2, 0) is 14.4 Å². The van der Waals surface area contributed by atoms with Crippen molar-refractivity contribution in [2.45, 2.75) is 52.6 Å². The highest BCUT2D eigenvalue weighted by Gasteiger charge is 2.48. The highest BCUT2D eigenvalue weighted by molar-refractivity contribution is 6.17. The van der Waals surface area contributed by atoms with E-state index in [1.807, 2.05) is 6.92 Å². The standard InChI is InChI=1S/C13H22ClNO3/c1-5-13(11(16)17-8-6-7-14)9-10(15-18-13)12(2,3)4/h5-9H2,1-4H3. The van der Waals surface area contributed by atoms with Gasteiger partial charge in [-0.2, -0.15) is 0 Å². The summed E-state index contributed by atoms with van der Waals surface area (Å²) in [5.74, 6) is 0.148. The number of carbonyl (C=O) groups excluding carboxylic acids is 1. The van der Waals surface area contributed by atoms with Crippen LogP contribution in [0.3, 0.4) is 0 Å². The molecule has 0 aromatic heterocycles. The number of oxime groups is 1. The molecule has 0 radical (unpaired) electrons. The van der Waals surface area contributed by atoms with E-state index >= 15 is 0 Å². The van der Waals surface area contributed by atoms with Crippen LogP contribution in [0.2, 0.25) is 0 Å². The van der Waals surface area contributed by atoms with Crippen molar-refractivity contribution in [2.75, 3.05) is 12.5 Å². The lowest BCUT2D eigenvalue weighted by atomic mass is 9.82. The summed E-state index contributed by atoms with van der Waals surface area (Å²) in [5.41, 5.74) is -0.124. The zero-order chi connectivity index (χ0) is 13.8. The molecule has 0 saturated heterocycles. The molecule has 0 saturated carbocycles. The van der Waals surface area contributed by atoms with Gasteiger partial charge in [0.15, 0.2) is 0 Å². The first kappa shape index (κ1) is 15.3. The van der Waals surface area contributed by atoms with Gasteiger partial charge in [-0.3, -0.25) is 0 Å². The van der Waals surface area contributed by atoms with E-state index in [1.54, 1.807) is 0 Å². The van der Waals surface area contributed by atoms with E-state index in [9.17, 15) is 4.79 Å². The fraction of sp³-hybridized carbons (Fsp3) is 0.846. The SMILES string of the molecule is CCC1(C(=O)OCCCCl)CC(C(C)(C)C)=NO1. The molecule has 1 aliphatic heterocycles. The highest BCUT2D eigenvalue weighted by Crippen LogP contribution is 2.35. The van der Waals surface area contributed by atoms with E-state index in [1.165, 1.54) is 0 Å². The minimum absolute atomic E-state index is 0.0899. The van der Waals surface area contributed by atoms with Gasteiger partial charge in [0.05, 0.1) is 12.3 Å². The Morgan fingerprint density at radius 2 is 2.22 bits per heavy atom. The van der Waals surface area contributed by atoms with E-state index in [0.717, 1.165) is 5.71 Å². The third-order valence-electron chi connectivity index (χ3n) is 3.10. The van der Waals surface area contributed by atoms with Crippen LogP contribution in [0.25, 0.3) is 0 Å². The number of alkyl halides is 1.